The fourth-order valence-electron chi connectivity index (χ4n) is 2.05. The Bertz CT molecular complexity index is 596. The van der Waals surface area contributed by atoms with Crippen LogP contribution in [0.3, 0.4) is 0 Å². The molecule has 0 saturated heterocycles. The molecule has 0 aliphatic carbocycles. The first-order valence-electron chi connectivity index (χ1n) is 7.23. The maximum Gasteiger partial charge on any atom is 0.315 e. The van der Waals surface area contributed by atoms with Crippen molar-refractivity contribution in [1.29, 1.82) is 0 Å². The second-order valence-corrected chi connectivity index (χ2v) is 5.43. The Morgan fingerprint density at radius 2 is 2.23 bits per heavy atom. The van der Waals surface area contributed by atoms with E-state index in [1.54, 1.807) is 12.5 Å². The van der Waals surface area contributed by atoms with Crippen molar-refractivity contribution in [3.05, 3.63) is 48.0 Å². The van der Waals surface area contributed by atoms with Crippen molar-refractivity contribution in [1.82, 2.24) is 15.6 Å². The van der Waals surface area contributed by atoms with Crippen LogP contribution in [0.1, 0.15) is 18.2 Å². The van der Waals surface area contributed by atoms with E-state index in [9.17, 15) is 4.79 Å². The summed E-state index contributed by atoms with van der Waals surface area (Å²) < 4.78 is 5.27. The third kappa shape index (κ3) is 4.80. The van der Waals surface area contributed by atoms with Crippen molar-refractivity contribution in [3.63, 3.8) is 0 Å². The maximum atomic E-state index is 11.9. The largest absolute Gasteiger partial charge is 0.469 e. The summed E-state index contributed by atoms with van der Waals surface area (Å²) in [4.78, 5) is 18.1. The van der Waals surface area contributed by atoms with Crippen LogP contribution in [-0.4, -0.2) is 31.2 Å². The van der Waals surface area contributed by atoms with Gasteiger partial charge in [0.15, 0.2) is 0 Å². The molecule has 0 aliphatic rings. The number of nitrogens with zero attached hydrogens (tertiary/aromatic N) is 2. The SMILES string of the molecule is CC(Cc1ccco1)NC(=O)NCc1ccnc(N(C)C)c1. The molecule has 1 atom stereocenters. The number of nitrogens with one attached hydrogen (secondary N) is 2. The fraction of sp³-hybridized carbons (Fsp3) is 0.375. The molecule has 0 saturated carbocycles. The number of rotatable bonds is 6. The molecule has 2 rings (SSSR count). The van der Waals surface area contributed by atoms with Gasteiger partial charge >= 0.3 is 6.03 Å². The summed E-state index contributed by atoms with van der Waals surface area (Å²) in [5.74, 6) is 1.73. The van der Waals surface area contributed by atoms with Gasteiger partial charge in [-0.3, -0.25) is 0 Å². The van der Waals surface area contributed by atoms with E-state index in [0.29, 0.717) is 13.0 Å². The van der Waals surface area contributed by atoms with Gasteiger partial charge in [0.05, 0.1) is 6.26 Å². The summed E-state index contributed by atoms with van der Waals surface area (Å²) in [5.41, 5.74) is 1.01. The molecule has 0 fully saturated rings. The first-order chi connectivity index (χ1) is 10.5. The lowest BCUT2D eigenvalue weighted by Gasteiger charge is -2.15. The summed E-state index contributed by atoms with van der Waals surface area (Å²) in [6, 6.07) is 7.39. The maximum absolute atomic E-state index is 11.9. The molecule has 0 radical (unpaired) electrons. The molecule has 6 heteroatoms. The highest BCUT2D eigenvalue weighted by atomic mass is 16.3. The normalized spacial score (nSPS) is 11.8. The van der Waals surface area contributed by atoms with Crippen LogP contribution in [0.5, 0.6) is 0 Å². The highest BCUT2D eigenvalue weighted by Gasteiger charge is 2.09. The molecule has 2 N–H and O–H groups in total. The Labute approximate surface area is 130 Å². The van der Waals surface area contributed by atoms with Gasteiger partial charge in [-0.25, -0.2) is 9.78 Å². The number of anilines is 1. The van der Waals surface area contributed by atoms with Crippen molar-refractivity contribution in [2.75, 3.05) is 19.0 Å². The Morgan fingerprint density at radius 3 is 2.91 bits per heavy atom. The fourth-order valence-corrected chi connectivity index (χ4v) is 2.05. The number of aromatic nitrogens is 1. The molecule has 0 spiro atoms. The molecule has 2 aromatic rings. The van der Waals surface area contributed by atoms with Crippen molar-refractivity contribution in [2.24, 2.45) is 0 Å². The van der Waals surface area contributed by atoms with E-state index in [0.717, 1.165) is 17.1 Å². The number of amides is 2. The highest BCUT2D eigenvalue weighted by molar-refractivity contribution is 5.74. The van der Waals surface area contributed by atoms with Crippen LogP contribution < -0.4 is 15.5 Å². The van der Waals surface area contributed by atoms with E-state index in [-0.39, 0.29) is 12.1 Å². The standard InChI is InChI=1S/C16H22N4O2/c1-12(9-14-5-4-8-22-14)19-16(21)18-11-13-6-7-17-15(10-13)20(2)3/h4-8,10,12H,9,11H2,1-3H3,(H2,18,19,21). The van der Waals surface area contributed by atoms with Gasteiger partial charge in [0.2, 0.25) is 0 Å². The van der Waals surface area contributed by atoms with E-state index in [1.807, 2.05) is 50.2 Å². The molecule has 2 heterocycles. The molecular weight excluding hydrogens is 280 g/mol. The van der Waals surface area contributed by atoms with Gasteiger partial charge in [-0.2, -0.15) is 0 Å². The van der Waals surface area contributed by atoms with Crippen LogP contribution >= 0.6 is 0 Å². The topological polar surface area (TPSA) is 70.4 Å². The molecule has 0 aromatic carbocycles. The first kappa shape index (κ1) is 15.9. The van der Waals surface area contributed by atoms with Gasteiger partial charge in [-0.15, -0.1) is 0 Å². The molecule has 2 aromatic heterocycles. The third-order valence-electron chi connectivity index (χ3n) is 3.19. The van der Waals surface area contributed by atoms with E-state index in [2.05, 4.69) is 15.6 Å². The third-order valence-corrected chi connectivity index (χ3v) is 3.19. The van der Waals surface area contributed by atoms with Gasteiger partial charge in [0, 0.05) is 39.3 Å². The zero-order valence-corrected chi connectivity index (χ0v) is 13.2. The molecular formula is C16H22N4O2. The molecule has 0 bridgehead atoms. The number of urea groups is 1. The Balaban J connectivity index is 1.78. The quantitative estimate of drug-likeness (QED) is 0.858. The summed E-state index contributed by atoms with van der Waals surface area (Å²) in [5, 5.41) is 5.74. The lowest BCUT2D eigenvalue weighted by Crippen LogP contribution is -2.41. The van der Waals surface area contributed by atoms with Gasteiger partial charge < -0.3 is 20.0 Å². The molecule has 2 amide bonds. The van der Waals surface area contributed by atoms with Crippen LogP contribution in [0.4, 0.5) is 10.6 Å². The molecule has 0 aliphatic heterocycles. The lowest BCUT2D eigenvalue weighted by atomic mass is 10.2. The van der Waals surface area contributed by atoms with Crippen LogP contribution in [0.15, 0.2) is 41.1 Å². The van der Waals surface area contributed by atoms with Crippen molar-refractivity contribution >= 4 is 11.8 Å². The summed E-state index contributed by atoms with van der Waals surface area (Å²) in [6.07, 6.45) is 4.04. The molecule has 6 nitrogen and oxygen atoms in total. The zero-order valence-electron chi connectivity index (χ0n) is 13.2. The minimum absolute atomic E-state index is 0.000858. The second kappa shape index (κ2) is 7.49. The van der Waals surface area contributed by atoms with Gasteiger partial charge in [-0.05, 0) is 36.8 Å². The van der Waals surface area contributed by atoms with Crippen LogP contribution in [-0.2, 0) is 13.0 Å². The number of hydrogen-bond donors (Lipinski definition) is 2. The van der Waals surface area contributed by atoms with E-state index in [4.69, 9.17) is 4.42 Å². The Hall–Kier alpha value is -2.50. The number of hydrogen-bond acceptors (Lipinski definition) is 4. The molecule has 118 valence electrons. The van der Waals surface area contributed by atoms with Crippen LogP contribution in [0, 0.1) is 0 Å². The van der Waals surface area contributed by atoms with Crippen molar-refractivity contribution < 1.29 is 9.21 Å². The highest BCUT2D eigenvalue weighted by Crippen LogP contribution is 2.09. The Kier molecular flexibility index (Phi) is 5.41. The van der Waals surface area contributed by atoms with Crippen molar-refractivity contribution in [2.45, 2.75) is 25.9 Å². The Morgan fingerprint density at radius 1 is 1.41 bits per heavy atom. The average Bonchev–Trinajstić information content (AvgIpc) is 2.98. The number of carbonyl (C=O) groups is 1. The number of carbonyl (C=O) groups excluding carboxylic acids is 1. The minimum Gasteiger partial charge on any atom is -0.469 e. The average molecular weight is 302 g/mol. The van der Waals surface area contributed by atoms with Gasteiger partial charge in [-0.1, -0.05) is 0 Å². The van der Waals surface area contributed by atoms with Crippen LogP contribution in [0.25, 0.3) is 0 Å². The molecule has 1 unspecified atom stereocenters. The molecule has 22 heavy (non-hydrogen) atoms. The first-order valence-corrected chi connectivity index (χ1v) is 7.23. The minimum atomic E-state index is -0.192. The van der Waals surface area contributed by atoms with Gasteiger partial charge in [0.25, 0.3) is 0 Å². The second-order valence-electron chi connectivity index (χ2n) is 5.43. The van der Waals surface area contributed by atoms with E-state index in [1.165, 1.54) is 0 Å². The zero-order chi connectivity index (χ0) is 15.9. The summed E-state index contributed by atoms with van der Waals surface area (Å²) >= 11 is 0. The summed E-state index contributed by atoms with van der Waals surface area (Å²) in [7, 11) is 3.87. The number of pyridine rings is 1. The smallest absolute Gasteiger partial charge is 0.315 e. The van der Waals surface area contributed by atoms with Crippen LogP contribution in [0.2, 0.25) is 0 Å². The predicted molar refractivity (Wildman–Crippen MR) is 85.8 cm³/mol. The predicted octanol–water partition coefficient (Wildman–Crippen LogP) is 2.17. The monoisotopic (exact) mass is 302 g/mol. The number of furan rings is 1. The van der Waals surface area contributed by atoms with E-state index >= 15 is 0 Å². The van der Waals surface area contributed by atoms with E-state index < -0.39 is 0 Å². The van der Waals surface area contributed by atoms with Crippen molar-refractivity contribution in [3.8, 4) is 0 Å². The summed E-state index contributed by atoms with van der Waals surface area (Å²) in [6.45, 7) is 2.40. The van der Waals surface area contributed by atoms with Gasteiger partial charge in [0.1, 0.15) is 11.6 Å². The lowest BCUT2D eigenvalue weighted by molar-refractivity contribution is 0.237.